The van der Waals surface area contributed by atoms with Crippen molar-refractivity contribution >= 4 is 29.1 Å². The van der Waals surface area contributed by atoms with Crippen molar-refractivity contribution in [2.45, 2.75) is 18.5 Å². The summed E-state index contributed by atoms with van der Waals surface area (Å²) in [4.78, 5) is 43.7. The molecule has 0 aromatic heterocycles. The van der Waals surface area contributed by atoms with E-state index in [-0.39, 0.29) is 24.4 Å². The van der Waals surface area contributed by atoms with E-state index in [9.17, 15) is 14.4 Å². The summed E-state index contributed by atoms with van der Waals surface area (Å²) < 4.78 is 5.39. The van der Waals surface area contributed by atoms with E-state index in [1.807, 2.05) is 31.2 Å². The van der Waals surface area contributed by atoms with Crippen LogP contribution in [0.25, 0.3) is 0 Å². The van der Waals surface area contributed by atoms with Crippen LogP contribution < -0.4 is 19.9 Å². The molecule has 0 saturated carbocycles. The maximum absolute atomic E-state index is 13.8. The van der Waals surface area contributed by atoms with Crippen molar-refractivity contribution in [2.24, 2.45) is 11.8 Å². The zero-order chi connectivity index (χ0) is 21.9. The Balaban J connectivity index is 1.68. The molecule has 7 nitrogen and oxygen atoms in total. The van der Waals surface area contributed by atoms with Gasteiger partial charge in [-0.15, -0.1) is 6.42 Å². The number of nitrogens with one attached hydrogen (secondary N) is 1. The number of amides is 3. The van der Waals surface area contributed by atoms with E-state index in [4.69, 9.17) is 11.2 Å². The Kier molecular flexibility index (Phi) is 4.17. The highest BCUT2D eigenvalue weighted by Crippen LogP contribution is 2.55. The highest BCUT2D eigenvalue weighted by Gasteiger charge is 2.71. The lowest BCUT2D eigenvalue weighted by Crippen LogP contribution is -2.55. The van der Waals surface area contributed by atoms with Crippen molar-refractivity contribution in [2.75, 3.05) is 23.5 Å². The third kappa shape index (κ3) is 2.31. The molecule has 31 heavy (non-hydrogen) atoms. The minimum Gasteiger partial charge on any atom is -0.495 e. The number of carbonyl (C=O) groups excluding carboxylic acids is 3. The van der Waals surface area contributed by atoms with Gasteiger partial charge in [-0.2, -0.15) is 0 Å². The van der Waals surface area contributed by atoms with E-state index in [2.05, 4.69) is 11.2 Å². The molecule has 3 amide bonds. The van der Waals surface area contributed by atoms with E-state index < -0.39 is 23.3 Å². The average Bonchev–Trinajstić information content (AvgIpc) is 3.32. The lowest BCUT2D eigenvalue weighted by Gasteiger charge is -2.30. The number of benzene rings is 2. The molecule has 1 spiro atoms. The number of ether oxygens (including phenoxy) is 1. The predicted molar refractivity (Wildman–Crippen MR) is 114 cm³/mol. The summed E-state index contributed by atoms with van der Waals surface area (Å²) in [6.45, 7) is 1.92. The number of anilines is 2. The maximum Gasteiger partial charge on any atom is 0.253 e. The Labute approximate surface area is 180 Å². The molecular formula is C24H21N3O4. The summed E-state index contributed by atoms with van der Waals surface area (Å²) in [6.07, 6.45) is 5.52. The van der Waals surface area contributed by atoms with Gasteiger partial charge in [-0.3, -0.25) is 24.6 Å². The van der Waals surface area contributed by atoms with Gasteiger partial charge in [0.25, 0.3) is 5.91 Å². The molecule has 0 bridgehead atoms. The molecule has 0 aliphatic carbocycles. The number of imide groups is 1. The first-order chi connectivity index (χ1) is 15.0. The predicted octanol–water partition coefficient (Wildman–Crippen LogP) is 1.67. The van der Waals surface area contributed by atoms with Gasteiger partial charge in [0.15, 0.2) is 0 Å². The molecule has 5 rings (SSSR count). The van der Waals surface area contributed by atoms with Crippen molar-refractivity contribution < 1.29 is 19.1 Å². The van der Waals surface area contributed by atoms with Crippen LogP contribution in [-0.2, 0) is 19.9 Å². The van der Waals surface area contributed by atoms with Gasteiger partial charge in [0.1, 0.15) is 11.3 Å². The van der Waals surface area contributed by atoms with E-state index in [1.165, 1.54) is 16.9 Å². The summed E-state index contributed by atoms with van der Waals surface area (Å²) in [5, 5.41) is 3.33. The fourth-order valence-electron chi connectivity index (χ4n) is 5.41. The molecule has 3 aliphatic rings. The van der Waals surface area contributed by atoms with Crippen LogP contribution in [0.4, 0.5) is 11.4 Å². The lowest BCUT2D eigenvalue weighted by atomic mass is 9.76. The Morgan fingerprint density at radius 3 is 2.45 bits per heavy atom. The molecule has 4 atom stereocenters. The van der Waals surface area contributed by atoms with E-state index in [0.29, 0.717) is 22.7 Å². The van der Waals surface area contributed by atoms with E-state index in [0.717, 1.165) is 0 Å². The molecule has 3 aliphatic heterocycles. The van der Waals surface area contributed by atoms with Gasteiger partial charge in [0.05, 0.1) is 36.9 Å². The third-order valence-corrected chi connectivity index (χ3v) is 6.59. The number of para-hydroxylation sites is 3. The zero-order valence-corrected chi connectivity index (χ0v) is 17.2. The smallest absolute Gasteiger partial charge is 0.253 e. The summed E-state index contributed by atoms with van der Waals surface area (Å²) in [7, 11) is 1.49. The van der Waals surface area contributed by atoms with Gasteiger partial charge in [0.2, 0.25) is 11.8 Å². The van der Waals surface area contributed by atoms with E-state index in [1.54, 1.807) is 24.3 Å². The molecule has 0 radical (unpaired) electrons. The standard InChI is InChI=1S/C24H21N3O4/c1-4-13-26-16-10-6-5-9-15(16)24(23(26)30)20-19(14(2)25-24)21(28)27(22(20)29)17-11-7-8-12-18(17)31-3/h1,5-12,14,19-20,25H,13H2,2-3H3/t14-,19-,20-,24+/m1/s1. The molecule has 2 aromatic carbocycles. The number of nitrogens with zero attached hydrogens (tertiary/aromatic N) is 2. The van der Waals surface area contributed by atoms with Crippen molar-refractivity contribution in [1.82, 2.24) is 5.32 Å². The molecule has 156 valence electrons. The first kappa shape index (κ1) is 19.3. The van der Waals surface area contributed by atoms with Crippen LogP contribution in [0.2, 0.25) is 0 Å². The summed E-state index contributed by atoms with van der Waals surface area (Å²) in [5.41, 5.74) is 0.400. The van der Waals surface area contributed by atoms with Gasteiger partial charge < -0.3 is 4.74 Å². The number of terminal acetylenes is 1. The summed E-state index contributed by atoms with van der Waals surface area (Å²) >= 11 is 0. The second kappa shape index (κ2) is 6.69. The number of rotatable bonds is 3. The number of hydrogen-bond donors (Lipinski definition) is 1. The van der Waals surface area contributed by atoms with Crippen LogP contribution >= 0.6 is 0 Å². The lowest BCUT2D eigenvalue weighted by molar-refractivity contribution is -0.132. The molecule has 2 aromatic rings. The van der Waals surface area contributed by atoms with Crippen LogP contribution in [0.3, 0.4) is 0 Å². The molecule has 0 unspecified atom stereocenters. The molecule has 3 heterocycles. The summed E-state index contributed by atoms with van der Waals surface area (Å²) in [6, 6.07) is 13.8. The average molecular weight is 415 g/mol. The second-order valence-electron chi connectivity index (χ2n) is 8.04. The van der Waals surface area contributed by atoms with Gasteiger partial charge in [-0.25, -0.2) is 4.90 Å². The minimum atomic E-state index is -1.33. The highest BCUT2D eigenvalue weighted by molar-refractivity contribution is 6.26. The fraction of sp³-hybridized carbons (Fsp3) is 0.292. The van der Waals surface area contributed by atoms with Crippen LogP contribution in [0.5, 0.6) is 5.75 Å². The Bertz CT molecular complexity index is 1170. The van der Waals surface area contributed by atoms with E-state index >= 15 is 0 Å². The summed E-state index contributed by atoms with van der Waals surface area (Å²) in [5.74, 6) is 0.342. The number of methoxy groups -OCH3 is 1. The van der Waals surface area contributed by atoms with Crippen LogP contribution in [0, 0.1) is 24.2 Å². The first-order valence-electron chi connectivity index (χ1n) is 10.1. The van der Waals surface area contributed by atoms with Crippen molar-refractivity contribution in [3.05, 3.63) is 54.1 Å². The topological polar surface area (TPSA) is 79.0 Å². The Hall–Kier alpha value is -3.63. The fourth-order valence-corrected chi connectivity index (χ4v) is 5.41. The largest absolute Gasteiger partial charge is 0.495 e. The number of hydrogen-bond acceptors (Lipinski definition) is 5. The van der Waals surface area contributed by atoms with Crippen molar-refractivity contribution in [1.29, 1.82) is 0 Å². The van der Waals surface area contributed by atoms with Crippen molar-refractivity contribution in [3.8, 4) is 18.1 Å². The number of fused-ring (bicyclic) bond motifs is 4. The molecule has 7 heteroatoms. The van der Waals surface area contributed by atoms with Gasteiger partial charge in [-0.05, 0) is 25.1 Å². The van der Waals surface area contributed by atoms with Crippen LogP contribution in [-0.4, -0.2) is 37.4 Å². The SMILES string of the molecule is C#CCN1C(=O)[C@]2(N[C@H](C)[C@H]3C(=O)N(c4ccccc4OC)C(=O)[C@@H]32)c2ccccc21. The normalized spacial score (nSPS) is 28.8. The maximum atomic E-state index is 13.8. The zero-order valence-electron chi connectivity index (χ0n) is 17.2. The third-order valence-electron chi connectivity index (χ3n) is 6.59. The van der Waals surface area contributed by atoms with Gasteiger partial charge >= 0.3 is 0 Å². The molecule has 1 N–H and O–H groups in total. The molecular weight excluding hydrogens is 394 g/mol. The quantitative estimate of drug-likeness (QED) is 0.610. The Morgan fingerprint density at radius 1 is 1.06 bits per heavy atom. The highest BCUT2D eigenvalue weighted by atomic mass is 16.5. The van der Waals surface area contributed by atoms with Crippen LogP contribution in [0.15, 0.2) is 48.5 Å². The molecule has 2 saturated heterocycles. The second-order valence-corrected chi connectivity index (χ2v) is 8.04. The minimum absolute atomic E-state index is 0.0867. The van der Waals surface area contributed by atoms with Gasteiger partial charge in [0, 0.05) is 11.6 Å². The monoisotopic (exact) mass is 415 g/mol. The van der Waals surface area contributed by atoms with Crippen molar-refractivity contribution in [3.63, 3.8) is 0 Å². The Morgan fingerprint density at radius 2 is 1.74 bits per heavy atom. The first-order valence-corrected chi connectivity index (χ1v) is 10.1. The molecule has 2 fully saturated rings. The van der Waals surface area contributed by atoms with Crippen LogP contribution in [0.1, 0.15) is 12.5 Å². The number of carbonyl (C=O) groups is 3. The van der Waals surface area contributed by atoms with Gasteiger partial charge in [-0.1, -0.05) is 36.3 Å².